The predicted octanol–water partition coefficient (Wildman–Crippen LogP) is 0.129. The summed E-state index contributed by atoms with van der Waals surface area (Å²) < 4.78 is 0. The van der Waals surface area contributed by atoms with Crippen LogP contribution in [-0.4, -0.2) is 40.5 Å². The topological polar surface area (TPSA) is 89.8 Å². The molecule has 1 amide bonds. The molecule has 0 atom stereocenters. The molecule has 1 rings (SSSR count). The number of nitrogens with one attached hydrogen (secondary N) is 1. The van der Waals surface area contributed by atoms with Gasteiger partial charge in [-0.3, -0.25) is 4.79 Å². The van der Waals surface area contributed by atoms with Crippen molar-refractivity contribution in [2.45, 2.75) is 6.04 Å². The number of amides is 1. The number of aliphatic hydroxyl groups is 2. The number of aromatic hydroxyl groups is 1. The summed E-state index contributed by atoms with van der Waals surface area (Å²) >= 11 is 5.76. The second kappa shape index (κ2) is 5.69. The predicted molar refractivity (Wildman–Crippen MR) is 58.5 cm³/mol. The summed E-state index contributed by atoms with van der Waals surface area (Å²) in [6.07, 6.45) is 0. The van der Waals surface area contributed by atoms with Gasteiger partial charge in [0, 0.05) is 0 Å². The van der Waals surface area contributed by atoms with E-state index >= 15 is 0 Å². The van der Waals surface area contributed by atoms with E-state index in [1.54, 1.807) is 0 Å². The van der Waals surface area contributed by atoms with Gasteiger partial charge in [-0.25, -0.2) is 0 Å². The van der Waals surface area contributed by atoms with E-state index in [2.05, 4.69) is 5.32 Å². The summed E-state index contributed by atoms with van der Waals surface area (Å²) in [5.74, 6) is -0.645. The highest BCUT2D eigenvalue weighted by Gasteiger charge is 2.15. The fourth-order valence-electron chi connectivity index (χ4n) is 1.10. The van der Waals surface area contributed by atoms with Crippen molar-refractivity contribution in [2.75, 3.05) is 13.2 Å². The average molecular weight is 246 g/mol. The fourth-order valence-corrected chi connectivity index (χ4v) is 1.30. The summed E-state index contributed by atoms with van der Waals surface area (Å²) in [5, 5.41) is 29.3. The lowest BCUT2D eigenvalue weighted by atomic mass is 10.2. The van der Waals surface area contributed by atoms with Crippen molar-refractivity contribution in [1.29, 1.82) is 0 Å². The summed E-state index contributed by atoms with van der Waals surface area (Å²) in [7, 11) is 0. The lowest BCUT2D eigenvalue weighted by molar-refractivity contribution is 0.0879. The largest absolute Gasteiger partial charge is 0.508 e. The van der Waals surface area contributed by atoms with E-state index in [0.29, 0.717) is 0 Å². The van der Waals surface area contributed by atoms with E-state index in [1.165, 1.54) is 18.2 Å². The first-order valence-electron chi connectivity index (χ1n) is 4.59. The first kappa shape index (κ1) is 12.8. The number of carbonyl (C=O) groups is 1. The lowest BCUT2D eigenvalue weighted by Gasteiger charge is -2.13. The molecule has 0 aromatic heterocycles. The molecule has 16 heavy (non-hydrogen) atoms. The Morgan fingerprint density at radius 3 is 2.56 bits per heavy atom. The van der Waals surface area contributed by atoms with E-state index in [1.807, 2.05) is 0 Å². The zero-order valence-corrected chi connectivity index (χ0v) is 9.11. The Labute approximate surface area is 97.3 Å². The van der Waals surface area contributed by atoms with Crippen LogP contribution in [-0.2, 0) is 0 Å². The molecule has 0 unspecified atom stereocenters. The van der Waals surface area contributed by atoms with Crippen LogP contribution in [0.5, 0.6) is 5.75 Å². The van der Waals surface area contributed by atoms with Crippen LogP contribution in [0.15, 0.2) is 18.2 Å². The van der Waals surface area contributed by atoms with Crippen LogP contribution in [0.25, 0.3) is 0 Å². The van der Waals surface area contributed by atoms with Gasteiger partial charge in [0.25, 0.3) is 5.91 Å². The van der Waals surface area contributed by atoms with E-state index in [0.717, 1.165) is 0 Å². The summed E-state index contributed by atoms with van der Waals surface area (Å²) in [4.78, 5) is 11.6. The molecule has 0 spiro atoms. The van der Waals surface area contributed by atoms with Gasteiger partial charge in [-0.2, -0.15) is 0 Å². The molecule has 1 aromatic rings. The number of phenolic OH excluding ortho intramolecular Hbond substituents is 1. The smallest absolute Gasteiger partial charge is 0.253 e. The van der Waals surface area contributed by atoms with E-state index in [-0.39, 0.29) is 29.5 Å². The molecule has 0 aliphatic rings. The molecule has 88 valence electrons. The Balaban J connectivity index is 2.83. The highest BCUT2D eigenvalue weighted by Crippen LogP contribution is 2.20. The third kappa shape index (κ3) is 3.10. The van der Waals surface area contributed by atoms with Crippen molar-refractivity contribution in [3.63, 3.8) is 0 Å². The Kier molecular flexibility index (Phi) is 4.54. The van der Waals surface area contributed by atoms with Crippen molar-refractivity contribution in [1.82, 2.24) is 5.32 Å². The Morgan fingerprint density at radius 1 is 1.38 bits per heavy atom. The normalized spacial score (nSPS) is 10.5. The number of phenols is 1. The van der Waals surface area contributed by atoms with Crippen LogP contribution in [0, 0.1) is 0 Å². The third-order valence-electron chi connectivity index (χ3n) is 1.97. The molecular formula is C10H12ClNO4. The standard InChI is InChI=1S/C10H12ClNO4/c11-9-2-1-7(15)3-8(9)10(16)12-6(4-13)5-14/h1-3,6,13-15H,4-5H2,(H,12,16). The molecule has 0 saturated heterocycles. The number of hydrogen-bond donors (Lipinski definition) is 4. The highest BCUT2D eigenvalue weighted by molar-refractivity contribution is 6.33. The zero-order valence-electron chi connectivity index (χ0n) is 8.35. The minimum Gasteiger partial charge on any atom is -0.508 e. The monoisotopic (exact) mass is 245 g/mol. The molecule has 0 bridgehead atoms. The molecule has 4 N–H and O–H groups in total. The second-order valence-corrected chi connectivity index (χ2v) is 3.61. The molecule has 6 heteroatoms. The van der Waals surface area contributed by atoms with Gasteiger partial charge in [0.2, 0.25) is 0 Å². The molecule has 0 heterocycles. The minimum atomic E-state index is -0.745. The molecule has 1 aromatic carbocycles. The first-order chi connectivity index (χ1) is 7.58. The maximum absolute atomic E-state index is 11.6. The van der Waals surface area contributed by atoms with E-state index < -0.39 is 11.9 Å². The molecule has 5 nitrogen and oxygen atoms in total. The number of hydrogen-bond acceptors (Lipinski definition) is 4. The fraction of sp³-hybridized carbons (Fsp3) is 0.300. The van der Waals surface area contributed by atoms with Crippen molar-refractivity contribution in [3.8, 4) is 5.75 Å². The van der Waals surface area contributed by atoms with Crippen molar-refractivity contribution in [2.24, 2.45) is 0 Å². The van der Waals surface area contributed by atoms with Gasteiger partial charge in [0.15, 0.2) is 0 Å². The number of benzene rings is 1. The summed E-state index contributed by atoms with van der Waals surface area (Å²) in [6.45, 7) is -0.753. The number of rotatable bonds is 4. The molecule has 0 aliphatic heterocycles. The third-order valence-corrected chi connectivity index (χ3v) is 2.30. The Hall–Kier alpha value is -1.30. The van der Waals surface area contributed by atoms with E-state index in [4.69, 9.17) is 21.8 Å². The van der Waals surface area contributed by atoms with Crippen LogP contribution in [0.4, 0.5) is 0 Å². The van der Waals surface area contributed by atoms with Crippen LogP contribution in [0.1, 0.15) is 10.4 Å². The van der Waals surface area contributed by atoms with Crippen molar-refractivity contribution < 1.29 is 20.1 Å². The minimum absolute atomic E-state index is 0.0842. The van der Waals surface area contributed by atoms with Crippen molar-refractivity contribution >= 4 is 17.5 Å². The molecule has 0 fully saturated rings. The summed E-state index contributed by atoms with van der Waals surface area (Å²) in [5.41, 5.74) is 0.0913. The molecule has 0 aliphatic carbocycles. The second-order valence-electron chi connectivity index (χ2n) is 3.20. The molecule has 0 radical (unpaired) electrons. The van der Waals surface area contributed by atoms with Gasteiger partial charge in [0.05, 0.1) is 29.8 Å². The number of carbonyl (C=O) groups excluding carboxylic acids is 1. The van der Waals surface area contributed by atoms with Crippen LogP contribution in [0.2, 0.25) is 5.02 Å². The van der Waals surface area contributed by atoms with Crippen LogP contribution >= 0.6 is 11.6 Å². The van der Waals surface area contributed by atoms with Gasteiger partial charge >= 0.3 is 0 Å². The zero-order chi connectivity index (χ0) is 12.1. The SMILES string of the molecule is O=C(NC(CO)CO)c1cc(O)ccc1Cl. The molecular weight excluding hydrogens is 234 g/mol. The van der Waals surface area contributed by atoms with Gasteiger partial charge in [-0.1, -0.05) is 11.6 Å². The van der Waals surface area contributed by atoms with E-state index in [9.17, 15) is 9.90 Å². The Bertz CT molecular complexity index is 379. The quantitative estimate of drug-likeness (QED) is 0.607. The molecule has 0 saturated carbocycles. The number of halogens is 1. The maximum atomic E-state index is 11.6. The Morgan fingerprint density at radius 2 is 2.00 bits per heavy atom. The average Bonchev–Trinajstić information content (AvgIpc) is 2.28. The van der Waals surface area contributed by atoms with Gasteiger partial charge in [0.1, 0.15) is 5.75 Å². The van der Waals surface area contributed by atoms with Gasteiger partial charge in [-0.15, -0.1) is 0 Å². The van der Waals surface area contributed by atoms with Crippen molar-refractivity contribution in [3.05, 3.63) is 28.8 Å². The first-order valence-corrected chi connectivity index (χ1v) is 4.97. The van der Waals surface area contributed by atoms with Crippen LogP contribution < -0.4 is 5.32 Å². The van der Waals surface area contributed by atoms with Crippen LogP contribution in [0.3, 0.4) is 0 Å². The number of aliphatic hydroxyl groups excluding tert-OH is 2. The maximum Gasteiger partial charge on any atom is 0.253 e. The lowest BCUT2D eigenvalue weighted by Crippen LogP contribution is -2.40. The summed E-state index contributed by atoms with van der Waals surface area (Å²) in [6, 6.07) is 3.21. The van der Waals surface area contributed by atoms with Gasteiger partial charge < -0.3 is 20.6 Å². The highest BCUT2D eigenvalue weighted by atomic mass is 35.5. The van der Waals surface area contributed by atoms with Gasteiger partial charge in [-0.05, 0) is 18.2 Å².